The van der Waals surface area contributed by atoms with Gasteiger partial charge in [0, 0.05) is 17.3 Å². The first-order valence-corrected chi connectivity index (χ1v) is 10.2. The number of carbonyl (C=O) groups excluding carboxylic acids is 1. The van der Waals surface area contributed by atoms with Crippen LogP contribution < -0.4 is 15.6 Å². The van der Waals surface area contributed by atoms with Crippen LogP contribution in [-0.2, 0) is 4.79 Å². The maximum Gasteiger partial charge on any atom is 0.289 e. The number of halogens is 1. The molecule has 0 atom stereocenters. The number of hydrogen-bond acceptors (Lipinski definition) is 8. The third-order valence-electron chi connectivity index (χ3n) is 4.14. The Hall–Kier alpha value is -3.88. The molecule has 0 saturated heterocycles. The second-order valence-electron chi connectivity index (χ2n) is 6.20. The minimum atomic E-state index is -0.654. The molecule has 0 aliphatic carbocycles. The Balaban J connectivity index is 1.78. The van der Waals surface area contributed by atoms with E-state index in [0.29, 0.717) is 11.3 Å². The van der Waals surface area contributed by atoms with Crippen LogP contribution in [0.2, 0.25) is 5.02 Å². The van der Waals surface area contributed by atoms with Crippen molar-refractivity contribution in [2.75, 3.05) is 18.2 Å². The summed E-state index contributed by atoms with van der Waals surface area (Å²) in [6.45, 7) is 0. The molecule has 1 heterocycles. The molecule has 2 aromatic carbocycles. The molecule has 1 amide bonds. The average molecular weight is 472 g/mol. The number of carbonyl (C=O) groups is 1. The molecule has 12 heteroatoms. The lowest BCUT2D eigenvalue weighted by Gasteiger charge is -2.08. The number of nitro groups is 1. The highest BCUT2D eigenvalue weighted by Crippen LogP contribution is 2.28. The van der Waals surface area contributed by atoms with Crippen molar-refractivity contribution in [3.63, 3.8) is 0 Å². The minimum Gasteiger partial charge on any atom is -0.497 e. The molecule has 10 nitrogen and oxygen atoms in total. The smallest absolute Gasteiger partial charge is 0.289 e. The molecule has 0 saturated carbocycles. The van der Waals surface area contributed by atoms with Crippen molar-refractivity contribution in [1.29, 1.82) is 5.26 Å². The second-order valence-corrected chi connectivity index (χ2v) is 7.57. The molecule has 2 N–H and O–H groups in total. The van der Waals surface area contributed by atoms with Crippen molar-refractivity contribution in [3.8, 4) is 23.1 Å². The van der Waals surface area contributed by atoms with Crippen LogP contribution in [0.1, 0.15) is 5.56 Å². The van der Waals surface area contributed by atoms with E-state index in [1.165, 1.54) is 19.2 Å². The number of nitrogens with zero attached hydrogens (tertiary/aromatic N) is 3. The number of anilines is 1. The fourth-order valence-corrected chi connectivity index (χ4v) is 3.49. The molecular formula is C20H14ClN5O5S. The lowest BCUT2D eigenvalue weighted by molar-refractivity contribution is -0.384. The van der Waals surface area contributed by atoms with Gasteiger partial charge in [0.05, 0.1) is 23.5 Å². The van der Waals surface area contributed by atoms with E-state index >= 15 is 0 Å². The highest BCUT2D eigenvalue weighted by Gasteiger charge is 2.16. The van der Waals surface area contributed by atoms with E-state index in [4.69, 9.17) is 16.3 Å². The quantitative estimate of drug-likeness (QED) is 0.229. The highest BCUT2D eigenvalue weighted by molar-refractivity contribution is 7.99. The number of nitriles is 1. The van der Waals surface area contributed by atoms with E-state index in [2.05, 4.69) is 15.3 Å². The SMILES string of the molecule is COc1ccc(-c2nc(SCC(=O)Nc3ccc(Cl)c([N+](=O)[O-])c3)[nH]c(=O)c2C#N)cc1. The number of nitro benzene ring substituents is 1. The van der Waals surface area contributed by atoms with E-state index in [1.807, 2.05) is 6.07 Å². The van der Waals surface area contributed by atoms with Gasteiger partial charge in [0.25, 0.3) is 11.2 Å². The normalized spacial score (nSPS) is 10.3. The molecule has 1 aromatic heterocycles. The van der Waals surface area contributed by atoms with Crippen molar-refractivity contribution in [1.82, 2.24) is 9.97 Å². The van der Waals surface area contributed by atoms with Gasteiger partial charge in [-0.25, -0.2) is 4.98 Å². The summed E-state index contributed by atoms with van der Waals surface area (Å²) in [4.78, 5) is 41.7. The minimum absolute atomic E-state index is 0.0483. The summed E-state index contributed by atoms with van der Waals surface area (Å²) in [7, 11) is 1.52. The molecule has 0 fully saturated rings. The van der Waals surface area contributed by atoms with Gasteiger partial charge in [0.1, 0.15) is 22.4 Å². The van der Waals surface area contributed by atoms with Crippen molar-refractivity contribution >= 4 is 40.6 Å². The number of nitrogens with one attached hydrogen (secondary N) is 2. The zero-order valence-electron chi connectivity index (χ0n) is 16.4. The van der Waals surface area contributed by atoms with Gasteiger partial charge < -0.3 is 15.0 Å². The Morgan fingerprint density at radius 2 is 2.06 bits per heavy atom. The van der Waals surface area contributed by atoms with E-state index < -0.39 is 16.4 Å². The molecule has 162 valence electrons. The molecule has 0 bridgehead atoms. The molecule has 0 radical (unpaired) electrons. The van der Waals surface area contributed by atoms with E-state index in [1.54, 1.807) is 24.3 Å². The summed E-state index contributed by atoms with van der Waals surface area (Å²) < 4.78 is 5.10. The predicted molar refractivity (Wildman–Crippen MR) is 119 cm³/mol. The number of ether oxygens (including phenoxy) is 1. The van der Waals surface area contributed by atoms with Gasteiger partial charge in [-0.15, -0.1) is 0 Å². The summed E-state index contributed by atoms with van der Waals surface area (Å²) in [5.74, 6) is -0.0247. The molecular weight excluding hydrogens is 458 g/mol. The molecule has 0 aliphatic heterocycles. The van der Waals surface area contributed by atoms with Crippen LogP contribution in [0.15, 0.2) is 52.4 Å². The molecule has 3 rings (SSSR count). The Morgan fingerprint density at radius 3 is 2.69 bits per heavy atom. The summed E-state index contributed by atoms with van der Waals surface area (Å²) >= 11 is 6.70. The number of methoxy groups -OCH3 is 1. The maximum absolute atomic E-state index is 12.3. The van der Waals surface area contributed by atoms with Crippen molar-refractivity contribution in [2.45, 2.75) is 5.16 Å². The lowest BCUT2D eigenvalue weighted by atomic mass is 10.1. The van der Waals surface area contributed by atoms with Gasteiger partial charge in [-0.05, 0) is 36.4 Å². The number of amides is 1. The first-order valence-electron chi connectivity index (χ1n) is 8.87. The number of hydrogen-bond donors (Lipinski definition) is 2. The largest absolute Gasteiger partial charge is 0.497 e. The summed E-state index contributed by atoms with van der Waals surface area (Å²) in [6.07, 6.45) is 0. The predicted octanol–water partition coefficient (Wildman–Crippen LogP) is 3.61. The van der Waals surface area contributed by atoms with Crippen LogP contribution in [0.25, 0.3) is 11.3 Å². The first kappa shape index (κ1) is 22.8. The van der Waals surface area contributed by atoms with Crippen molar-refractivity contribution in [2.24, 2.45) is 0 Å². The monoisotopic (exact) mass is 471 g/mol. The van der Waals surface area contributed by atoms with Crippen LogP contribution in [0, 0.1) is 21.4 Å². The first-order chi connectivity index (χ1) is 15.3. The van der Waals surface area contributed by atoms with Gasteiger partial charge in [-0.3, -0.25) is 19.7 Å². The Morgan fingerprint density at radius 1 is 1.34 bits per heavy atom. The molecule has 0 spiro atoms. The number of benzene rings is 2. The molecule has 0 aliphatic rings. The van der Waals surface area contributed by atoms with Gasteiger partial charge in [0.15, 0.2) is 5.16 Å². The van der Waals surface area contributed by atoms with Crippen LogP contribution >= 0.6 is 23.4 Å². The summed E-state index contributed by atoms with van der Waals surface area (Å²) in [6, 6.07) is 12.4. The van der Waals surface area contributed by atoms with Crippen molar-refractivity contribution < 1.29 is 14.5 Å². The van der Waals surface area contributed by atoms with Crippen LogP contribution in [0.5, 0.6) is 5.75 Å². The number of aromatic nitrogens is 2. The van der Waals surface area contributed by atoms with Gasteiger partial charge >= 0.3 is 0 Å². The van der Waals surface area contributed by atoms with Crippen LogP contribution in [0.3, 0.4) is 0 Å². The highest BCUT2D eigenvalue weighted by atomic mass is 35.5. The molecule has 3 aromatic rings. The number of H-pyrrole nitrogens is 1. The number of thioether (sulfide) groups is 1. The fourth-order valence-electron chi connectivity index (χ4n) is 2.64. The van der Waals surface area contributed by atoms with Crippen molar-refractivity contribution in [3.05, 3.63) is 73.5 Å². The van der Waals surface area contributed by atoms with Gasteiger partial charge in [-0.2, -0.15) is 5.26 Å². The summed E-state index contributed by atoms with van der Waals surface area (Å²) in [5, 5.41) is 22.9. The Labute approximate surface area is 190 Å². The van der Waals surface area contributed by atoms with E-state index in [9.17, 15) is 25.0 Å². The maximum atomic E-state index is 12.3. The zero-order valence-corrected chi connectivity index (χ0v) is 18.0. The third-order valence-corrected chi connectivity index (χ3v) is 5.33. The molecule has 32 heavy (non-hydrogen) atoms. The fraction of sp³-hybridized carbons (Fsp3) is 0.100. The van der Waals surface area contributed by atoms with E-state index in [0.717, 1.165) is 17.8 Å². The summed E-state index contributed by atoms with van der Waals surface area (Å²) in [5.41, 5.74) is -0.211. The zero-order chi connectivity index (χ0) is 23.3. The van der Waals surface area contributed by atoms with Gasteiger partial charge in [-0.1, -0.05) is 23.4 Å². The number of rotatable bonds is 7. The standard InChI is InChI=1S/C20H14ClN5O5S/c1-31-13-5-2-11(3-6-13)18-14(9-22)19(28)25-20(24-18)32-10-17(27)23-12-4-7-15(21)16(8-12)26(29)30/h2-8H,10H2,1H3,(H,23,27)(H,24,25,28). The topological polar surface area (TPSA) is 151 Å². The van der Waals surface area contributed by atoms with Crippen LogP contribution in [-0.4, -0.2) is 33.7 Å². The lowest BCUT2D eigenvalue weighted by Crippen LogP contribution is -2.17. The Bertz CT molecular complexity index is 1290. The number of aromatic amines is 1. The van der Waals surface area contributed by atoms with Gasteiger partial charge in [0.2, 0.25) is 5.91 Å². The Kier molecular flexibility index (Phi) is 7.09. The second kappa shape index (κ2) is 9.95. The van der Waals surface area contributed by atoms with Crippen LogP contribution in [0.4, 0.5) is 11.4 Å². The third kappa shape index (κ3) is 5.23. The van der Waals surface area contributed by atoms with E-state index in [-0.39, 0.29) is 38.6 Å². The molecule has 0 unspecified atom stereocenters. The average Bonchev–Trinajstić information content (AvgIpc) is 2.78.